The molecule has 16 heavy (non-hydrogen) atoms. The van der Waals surface area contributed by atoms with Crippen molar-refractivity contribution < 1.29 is 9.63 Å². The Morgan fingerprint density at radius 2 is 2.12 bits per heavy atom. The summed E-state index contributed by atoms with van der Waals surface area (Å²) in [4.78, 5) is 20.9. The molecule has 1 aromatic carbocycles. The Kier molecular flexibility index (Phi) is 3.16. The van der Waals surface area contributed by atoms with Crippen molar-refractivity contribution >= 4 is 22.4 Å². The van der Waals surface area contributed by atoms with E-state index < -0.39 is 0 Å². The van der Waals surface area contributed by atoms with Crippen LogP contribution >= 0.6 is 11.3 Å². The van der Waals surface area contributed by atoms with E-state index in [2.05, 4.69) is 4.98 Å². The average Bonchev–Trinajstić information content (AvgIpc) is 2.80. The summed E-state index contributed by atoms with van der Waals surface area (Å²) in [6.45, 7) is 1.43. The number of aromatic nitrogens is 1. The predicted octanol–water partition coefficient (Wildman–Crippen LogP) is 2.49. The Labute approximate surface area is 97.1 Å². The first kappa shape index (κ1) is 10.6. The highest BCUT2D eigenvalue weighted by atomic mass is 32.1. The number of benzene rings is 1. The summed E-state index contributed by atoms with van der Waals surface area (Å²) < 4.78 is 0. The number of hydroxylamine groups is 1. The topological polar surface area (TPSA) is 42.4 Å². The number of anilines is 1. The van der Waals surface area contributed by atoms with Gasteiger partial charge in [0.15, 0.2) is 5.75 Å². The van der Waals surface area contributed by atoms with E-state index in [0.717, 1.165) is 0 Å². The molecule has 0 bridgehead atoms. The van der Waals surface area contributed by atoms with E-state index in [1.54, 1.807) is 23.7 Å². The third-order valence-electron chi connectivity index (χ3n) is 1.82. The molecule has 1 aromatic heterocycles. The quantitative estimate of drug-likeness (QED) is 0.766. The largest absolute Gasteiger partial charge is 0.370 e. The highest BCUT2D eigenvalue weighted by Gasteiger charge is 2.16. The first-order chi connectivity index (χ1) is 7.77. The van der Waals surface area contributed by atoms with Crippen molar-refractivity contribution in [2.24, 2.45) is 0 Å². The number of carbonyl (C=O) groups excluding carboxylic acids is 1. The fraction of sp³-hybridized carbons (Fsp3) is 0.0909. The fourth-order valence-electron chi connectivity index (χ4n) is 1.14. The minimum atomic E-state index is -0.209. The minimum Gasteiger partial charge on any atom is -0.370 e. The minimum absolute atomic E-state index is 0.209. The normalized spacial score (nSPS) is 9.81. The Morgan fingerprint density at radius 3 is 2.69 bits per heavy atom. The second-order valence-electron chi connectivity index (χ2n) is 3.03. The Hall–Kier alpha value is -1.88. The summed E-state index contributed by atoms with van der Waals surface area (Å²) in [5.41, 5.74) is 0. The number of hydrogen-bond acceptors (Lipinski definition) is 4. The third-order valence-corrected chi connectivity index (χ3v) is 2.56. The molecule has 0 atom stereocenters. The summed E-state index contributed by atoms with van der Waals surface area (Å²) >= 11 is 1.35. The van der Waals surface area contributed by atoms with E-state index in [4.69, 9.17) is 4.84 Å². The maximum Gasteiger partial charge on any atom is 0.259 e. The lowest BCUT2D eigenvalue weighted by molar-refractivity contribution is -0.120. The van der Waals surface area contributed by atoms with Crippen molar-refractivity contribution in [3.05, 3.63) is 41.9 Å². The number of thiazole rings is 1. The molecular formula is C11H10N2O2S. The first-order valence-corrected chi connectivity index (χ1v) is 5.58. The van der Waals surface area contributed by atoms with Crippen LogP contribution in [0.1, 0.15) is 6.92 Å². The maximum atomic E-state index is 11.4. The number of amides is 1. The molecule has 0 fully saturated rings. The monoisotopic (exact) mass is 234 g/mol. The lowest BCUT2D eigenvalue weighted by atomic mass is 10.3. The van der Waals surface area contributed by atoms with Crippen LogP contribution in [0.5, 0.6) is 5.75 Å². The number of rotatable bonds is 3. The van der Waals surface area contributed by atoms with Crippen LogP contribution in [0, 0.1) is 0 Å². The van der Waals surface area contributed by atoms with E-state index in [1.807, 2.05) is 18.2 Å². The van der Waals surface area contributed by atoms with Crippen LogP contribution in [0.15, 0.2) is 41.9 Å². The van der Waals surface area contributed by atoms with Crippen LogP contribution < -0.4 is 9.90 Å². The highest BCUT2D eigenvalue weighted by Crippen LogP contribution is 2.20. The molecule has 0 radical (unpaired) electrons. The summed E-state index contributed by atoms with van der Waals surface area (Å²) in [6, 6.07) is 9.13. The Morgan fingerprint density at radius 1 is 1.38 bits per heavy atom. The van der Waals surface area contributed by atoms with Crippen molar-refractivity contribution in [2.75, 3.05) is 5.06 Å². The van der Waals surface area contributed by atoms with Gasteiger partial charge < -0.3 is 4.84 Å². The standard InChI is InChI=1S/C11H10N2O2S/c1-9(14)13(11-12-7-8-16-11)15-10-5-3-2-4-6-10/h2-8H,1H3. The second-order valence-corrected chi connectivity index (χ2v) is 3.91. The smallest absolute Gasteiger partial charge is 0.259 e. The summed E-state index contributed by atoms with van der Waals surface area (Å²) in [6.07, 6.45) is 1.63. The van der Waals surface area contributed by atoms with E-state index in [9.17, 15) is 4.79 Å². The number of carbonyl (C=O) groups is 1. The molecule has 1 amide bonds. The van der Waals surface area contributed by atoms with Gasteiger partial charge in [-0.05, 0) is 12.1 Å². The molecule has 4 nitrogen and oxygen atoms in total. The molecule has 2 aromatic rings. The van der Waals surface area contributed by atoms with Gasteiger partial charge in [-0.3, -0.25) is 4.79 Å². The number of para-hydroxylation sites is 1. The van der Waals surface area contributed by atoms with Crippen LogP contribution in [-0.2, 0) is 4.79 Å². The molecule has 2 rings (SSSR count). The maximum absolute atomic E-state index is 11.4. The van der Waals surface area contributed by atoms with Gasteiger partial charge in [-0.15, -0.1) is 16.4 Å². The molecule has 0 saturated heterocycles. The van der Waals surface area contributed by atoms with Crippen LogP contribution in [0.3, 0.4) is 0 Å². The Bertz CT molecular complexity index is 456. The van der Waals surface area contributed by atoms with Crippen molar-refractivity contribution in [1.82, 2.24) is 4.98 Å². The van der Waals surface area contributed by atoms with Crippen molar-refractivity contribution in [3.63, 3.8) is 0 Å². The van der Waals surface area contributed by atoms with Gasteiger partial charge in [-0.2, -0.15) is 0 Å². The van der Waals surface area contributed by atoms with Gasteiger partial charge in [-0.25, -0.2) is 4.98 Å². The zero-order valence-corrected chi connectivity index (χ0v) is 9.48. The molecule has 0 spiro atoms. The molecule has 5 heteroatoms. The van der Waals surface area contributed by atoms with Crippen LogP contribution in [-0.4, -0.2) is 10.9 Å². The molecule has 0 aliphatic carbocycles. The second kappa shape index (κ2) is 4.76. The molecule has 1 heterocycles. The van der Waals surface area contributed by atoms with Gasteiger partial charge in [0.25, 0.3) is 5.91 Å². The molecule has 0 N–H and O–H groups in total. The van der Waals surface area contributed by atoms with Crippen LogP contribution in [0.4, 0.5) is 5.13 Å². The van der Waals surface area contributed by atoms with Gasteiger partial charge in [-0.1, -0.05) is 18.2 Å². The van der Waals surface area contributed by atoms with E-state index >= 15 is 0 Å². The highest BCUT2D eigenvalue weighted by molar-refractivity contribution is 7.13. The van der Waals surface area contributed by atoms with Crippen molar-refractivity contribution in [3.8, 4) is 5.75 Å². The van der Waals surface area contributed by atoms with Gasteiger partial charge in [0, 0.05) is 18.5 Å². The summed E-state index contributed by atoms with van der Waals surface area (Å²) in [5, 5.41) is 3.50. The molecule has 82 valence electrons. The first-order valence-electron chi connectivity index (χ1n) is 4.70. The molecule has 0 aliphatic rings. The van der Waals surface area contributed by atoms with E-state index in [0.29, 0.717) is 10.9 Å². The average molecular weight is 234 g/mol. The molecular weight excluding hydrogens is 224 g/mol. The number of hydrogen-bond donors (Lipinski definition) is 0. The zero-order valence-electron chi connectivity index (χ0n) is 8.66. The lowest BCUT2D eigenvalue weighted by Crippen LogP contribution is -2.31. The van der Waals surface area contributed by atoms with Crippen LogP contribution in [0.2, 0.25) is 0 Å². The third kappa shape index (κ3) is 2.38. The van der Waals surface area contributed by atoms with Crippen molar-refractivity contribution in [1.29, 1.82) is 0 Å². The van der Waals surface area contributed by atoms with E-state index in [-0.39, 0.29) is 5.91 Å². The van der Waals surface area contributed by atoms with Gasteiger partial charge >= 0.3 is 0 Å². The molecule has 0 unspecified atom stereocenters. The lowest BCUT2D eigenvalue weighted by Gasteiger charge is -2.17. The summed E-state index contributed by atoms with van der Waals surface area (Å²) in [5.74, 6) is 0.395. The SMILES string of the molecule is CC(=O)N(Oc1ccccc1)c1nccs1. The van der Waals surface area contributed by atoms with Gasteiger partial charge in [0.2, 0.25) is 5.13 Å². The molecule has 0 aliphatic heterocycles. The summed E-state index contributed by atoms with van der Waals surface area (Å²) in [7, 11) is 0. The zero-order chi connectivity index (χ0) is 11.4. The fourth-order valence-corrected chi connectivity index (χ4v) is 1.77. The Balaban J connectivity index is 2.19. The van der Waals surface area contributed by atoms with Gasteiger partial charge in [0.05, 0.1) is 0 Å². The van der Waals surface area contributed by atoms with E-state index in [1.165, 1.54) is 23.3 Å². The molecule has 0 saturated carbocycles. The van der Waals surface area contributed by atoms with Crippen LogP contribution in [0.25, 0.3) is 0 Å². The van der Waals surface area contributed by atoms with Gasteiger partial charge in [0.1, 0.15) is 0 Å². The number of nitrogens with zero attached hydrogens (tertiary/aromatic N) is 2. The van der Waals surface area contributed by atoms with Crippen molar-refractivity contribution in [2.45, 2.75) is 6.92 Å². The predicted molar refractivity (Wildman–Crippen MR) is 62.3 cm³/mol.